The highest BCUT2D eigenvalue weighted by Crippen LogP contribution is 2.36. The molecule has 0 radical (unpaired) electrons. The van der Waals surface area contributed by atoms with Gasteiger partial charge < -0.3 is 18.9 Å². The lowest BCUT2D eigenvalue weighted by Gasteiger charge is -2.12. The average Bonchev–Trinajstić information content (AvgIpc) is 3.07. The normalized spacial score (nSPS) is 14.4. The molecular formula is C20H18N2O7. The number of hydrogen-bond donors (Lipinski definition) is 0. The van der Waals surface area contributed by atoms with Gasteiger partial charge in [-0.3, -0.25) is 10.1 Å². The molecule has 0 aliphatic carbocycles. The van der Waals surface area contributed by atoms with Crippen LogP contribution in [0.2, 0.25) is 0 Å². The summed E-state index contributed by atoms with van der Waals surface area (Å²) in [4.78, 5) is 27.3. The summed E-state index contributed by atoms with van der Waals surface area (Å²) in [5.74, 6) is 0.460. The fourth-order valence-corrected chi connectivity index (χ4v) is 2.82. The molecule has 2 aromatic rings. The molecule has 1 heterocycles. The van der Waals surface area contributed by atoms with Crippen molar-refractivity contribution in [2.45, 2.75) is 6.92 Å². The molecule has 1 aliphatic heterocycles. The number of nitro groups is 1. The maximum absolute atomic E-state index is 12.3. The van der Waals surface area contributed by atoms with Gasteiger partial charge in [0.1, 0.15) is 11.3 Å². The zero-order chi connectivity index (χ0) is 21.1. The fraction of sp³-hybridized carbons (Fsp3) is 0.200. The third kappa shape index (κ3) is 3.88. The van der Waals surface area contributed by atoms with Crippen molar-refractivity contribution in [3.63, 3.8) is 0 Å². The van der Waals surface area contributed by atoms with E-state index in [1.807, 2.05) is 0 Å². The number of hydrogen-bond acceptors (Lipinski definition) is 8. The number of rotatable bonds is 6. The molecule has 0 saturated heterocycles. The monoisotopic (exact) mass is 398 g/mol. The van der Waals surface area contributed by atoms with E-state index in [9.17, 15) is 14.9 Å². The minimum atomic E-state index is -0.729. The molecule has 0 spiro atoms. The van der Waals surface area contributed by atoms with Gasteiger partial charge >= 0.3 is 5.97 Å². The van der Waals surface area contributed by atoms with Crippen molar-refractivity contribution in [1.29, 1.82) is 0 Å². The van der Waals surface area contributed by atoms with Crippen LogP contribution < -0.4 is 14.2 Å². The smallest absolute Gasteiger partial charge is 0.363 e. The van der Waals surface area contributed by atoms with Crippen molar-refractivity contribution in [3.05, 3.63) is 62.8 Å². The van der Waals surface area contributed by atoms with Crippen LogP contribution in [0.15, 0.2) is 41.0 Å². The summed E-state index contributed by atoms with van der Waals surface area (Å²) < 4.78 is 21.0. The van der Waals surface area contributed by atoms with Crippen molar-refractivity contribution >= 4 is 23.6 Å². The molecule has 0 bridgehead atoms. The topological polar surface area (TPSA) is 109 Å². The van der Waals surface area contributed by atoms with Gasteiger partial charge in [0.2, 0.25) is 5.90 Å². The zero-order valence-corrected chi connectivity index (χ0v) is 16.2. The first kappa shape index (κ1) is 19.9. The van der Waals surface area contributed by atoms with Gasteiger partial charge in [-0.25, -0.2) is 9.79 Å². The Labute approximate surface area is 166 Å². The standard InChI is InChI=1S/C20H18N2O7/c1-11-5-6-15(22(24)25)13(7-11)19-21-14(20(23)29-19)8-12-9-17(27-3)18(28-4)10-16(12)26-2/h5-10H,1-4H3/b14-8-. The van der Waals surface area contributed by atoms with Crippen LogP contribution in [0.4, 0.5) is 5.69 Å². The number of nitrogens with zero attached hydrogens (tertiary/aromatic N) is 2. The molecule has 3 rings (SSSR count). The highest BCUT2D eigenvalue weighted by molar-refractivity contribution is 6.14. The van der Waals surface area contributed by atoms with Crippen molar-refractivity contribution in [3.8, 4) is 17.2 Å². The first-order valence-corrected chi connectivity index (χ1v) is 8.46. The van der Waals surface area contributed by atoms with Gasteiger partial charge in [-0.1, -0.05) is 6.07 Å². The third-order valence-electron chi connectivity index (χ3n) is 4.23. The Morgan fingerprint density at radius 1 is 1.03 bits per heavy atom. The van der Waals surface area contributed by atoms with E-state index < -0.39 is 10.9 Å². The molecule has 0 amide bonds. The van der Waals surface area contributed by atoms with Gasteiger partial charge in [0.15, 0.2) is 17.2 Å². The van der Waals surface area contributed by atoms with Gasteiger partial charge in [-0.15, -0.1) is 0 Å². The number of cyclic esters (lactones) is 1. The quantitative estimate of drug-likeness (QED) is 0.318. The van der Waals surface area contributed by atoms with E-state index in [1.165, 1.54) is 33.5 Å². The number of carbonyl (C=O) groups is 1. The van der Waals surface area contributed by atoms with Crippen LogP contribution >= 0.6 is 0 Å². The molecule has 0 aromatic heterocycles. The van der Waals surface area contributed by atoms with Gasteiger partial charge in [-0.2, -0.15) is 0 Å². The van der Waals surface area contributed by atoms with Crippen molar-refractivity contribution in [2.75, 3.05) is 21.3 Å². The molecule has 29 heavy (non-hydrogen) atoms. The summed E-state index contributed by atoms with van der Waals surface area (Å²) >= 11 is 0. The first-order chi connectivity index (χ1) is 13.9. The first-order valence-electron chi connectivity index (χ1n) is 8.46. The molecule has 0 fully saturated rings. The summed E-state index contributed by atoms with van der Waals surface area (Å²) in [5, 5.41) is 11.3. The molecule has 150 valence electrons. The van der Waals surface area contributed by atoms with E-state index in [2.05, 4.69) is 4.99 Å². The summed E-state index contributed by atoms with van der Waals surface area (Å²) in [7, 11) is 4.45. The summed E-state index contributed by atoms with van der Waals surface area (Å²) in [5.41, 5.74) is 1.17. The number of ether oxygens (including phenoxy) is 4. The van der Waals surface area contributed by atoms with Crippen LogP contribution in [0.1, 0.15) is 16.7 Å². The van der Waals surface area contributed by atoms with Crippen LogP contribution in [0, 0.1) is 17.0 Å². The molecule has 2 aromatic carbocycles. The average molecular weight is 398 g/mol. The van der Waals surface area contributed by atoms with Gasteiger partial charge in [0.05, 0.1) is 26.3 Å². The van der Waals surface area contributed by atoms with Crippen molar-refractivity contribution in [2.24, 2.45) is 4.99 Å². The van der Waals surface area contributed by atoms with Gasteiger partial charge in [-0.05, 0) is 30.7 Å². The molecule has 1 aliphatic rings. The van der Waals surface area contributed by atoms with E-state index >= 15 is 0 Å². The Hall–Kier alpha value is -3.88. The second-order valence-corrected chi connectivity index (χ2v) is 6.06. The number of aryl methyl sites for hydroxylation is 1. The lowest BCUT2D eigenvalue weighted by atomic mass is 10.1. The Bertz CT molecular complexity index is 1060. The highest BCUT2D eigenvalue weighted by Gasteiger charge is 2.29. The maximum atomic E-state index is 12.3. The molecule has 0 atom stereocenters. The Morgan fingerprint density at radius 3 is 2.31 bits per heavy atom. The number of methoxy groups -OCH3 is 3. The minimum Gasteiger partial charge on any atom is -0.496 e. The lowest BCUT2D eigenvalue weighted by molar-refractivity contribution is -0.385. The number of nitro benzene ring substituents is 1. The van der Waals surface area contributed by atoms with E-state index in [1.54, 1.807) is 31.2 Å². The van der Waals surface area contributed by atoms with Crippen LogP contribution in [0.5, 0.6) is 17.2 Å². The number of aliphatic imine (C=N–C) groups is 1. The largest absolute Gasteiger partial charge is 0.496 e. The van der Waals surface area contributed by atoms with Crippen molar-refractivity contribution < 1.29 is 28.7 Å². The third-order valence-corrected chi connectivity index (χ3v) is 4.23. The predicted octanol–water partition coefficient (Wildman–Crippen LogP) is 3.27. The van der Waals surface area contributed by atoms with E-state index in [0.29, 0.717) is 22.8 Å². The highest BCUT2D eigenvalue weighted by atomic mass is 16.6. The van der Waals surface area contributed by atoms with Crippen molar-refractivity contribution in [1.82, 2.24) is 0 Å². The number of esters is 1. The van der Waals surface area contributed by atoms with Crippen LogP contribution in [-0.2, 0) is 9.53 Å². The molecular weight excluding hydrogens is 380 g/mol. The molecule has 0 saturated carbocycles. The lowest BCUT2D eigenvalue weighted by Crippen LogP contribution is -2.08. The molecule has 9 nitrogen and oxygen atoms in total. The van der Waals surface area contributed by atoms with Crippen LogP contribution in [-0.4, -0.2) is 38.1 Å². The van der Waals surface area contributed by atoms with E-state index in [0.717, 1.165) is 5.56 Å². The zero-order valence-electron chi connectivity index (χ0n) is 16.2. The Balaban J connectivity index is 2.09. The fourth-order valence-electron chi connectivity index (χ4n) is 2.82. The number of carbonyl (C=O) groups excluding carboxylic acids is 1. The SMILES string of the molecule is COc1cc(OC)c(OC)cc1/C=C1\N=C(c2cc(C)ccc2[N+](=O)[O-])OC1=O. The number of benzene rings is 2. The maximum Gasteiger partial charge on any atom is 0.363 e. The summed E-state index contributed by atoms with van der Waals surface area (Å²) in [6, 6.07) is 7.73. The van der Waals surface area contributed by atoms with Crippen LogP contribution in [0.25, 0.3) is 6.08 Å². The molecule has 0 unspecified atom stereocenters. The second kappa shape index (κ2) is 8.01. The van der Waals surface area contributed by atoms with Gasteiger partial charge in [0.25, 0.3) is 5.69 Å². The Kier molecular flexibility index (Phi) is 5.49. The predicted molar refractivity (Wildman–Crippen MR) is 105 cm³/mol. The molecule has 9 heteroatoms. The van der Waals surface area contributed by atoms with E-state index in [4.69, 9.17) is 18.9 Å². The minimum absolute atomic E-state index is 0.0266. The van der Waals surface area contributed by atoms with Crippen LogP contribution in [0.3, 0.4) is 0 Å². The van der Waals surface area contributed by atoms with E-state index in [-0.39, 0.29) is 22.8 Å². The summed E-state index contributed by atoms with van der Waals surface area (Å²) in [6.07, 6.45) is 1.46. The Morgan fingerprint density at radius 2 is 1.69 bits per heavy atom. The molecule has 0 N–H and O–H groups in total. The summed E-state index contributed by atoms with van der Waals surface area (Å²) in [6.45, 7) is 1.77. The van der Waals surface area contributed by atoms with Gasteiger partial charge in [0, 0.05) is 17.7 Å². The second-order valence-electron chi connectivity index (χ2n) is 6.06.